The Labute approximate surface area is 369 Å². The summed E-state index contributed by atoms with van der Waals surface area (Å²) < 4.78 is 0. The number of benzene rings is 8. The van der Waals surface area contributed by atoms with Gasteiger partial charge in [0.25, 0.3) is 0 Å². The third kappa shape index (κ3) is 9.81. The molecule has 0 radical (unpaired) electrons. The molecule has 0 saturated carbocycles. The fourth-order valence-corrected chi connectivity index (χ4v) is 8.04. The van der Waals surface area contributed by atoms with E-state index in [1.165, 1.54) is 44.6 Å². The Morgan fingerprint density at radius 1 is 0.306 bits per heavy atom. The van der Waals surface area contributed by atoms with Crippen LogP contribution in [0.3, 0.4) is 0 Å². The van der Waals surface area contributed by atoms with E-state index in [-0.39, 0.29) is 0 Å². The zero-order chi connectivity index (χ0) is 43.2. The first kappa shape index (κ1) is 41.4. The molecule has 8 rings (SSSR count). The van der Waals surface area contributed by atoms with Crippen LogP contribution in [0.2, 0.25) is 0 Å². The molecule has 1 N–H and O–H groups in total. The Morgan fingerprint density at radius 3 is 0.968 bits per heavy atom. The first-order valence-electron chi connectivity index (χ1n) is 21.5. The van der Waals surface area contributed by atoms with E-state index in [1.54, 1.807) is 0 Å². The number of hydrogen-bond donors (Lipinski definition) is 1. The average Bonchev–Trinajstić information content (AvgIpc) is 3.27. The van der Waals surface area contributed by atoms with E-state index in [1.807, 2.05) is 0 Å². The Kier molecular flexibility index (Phi) is 12.3. The van der Waals surface area contributed by atoms with Crippen LogP contribution in [0.25, 0.3) is 24.3 Å². The van der Waals surface area contributed by atoms with Crippen LogP contribution in [0, 0.1) is 48.5 Å². The zero-order valence-corrected chi connectivity index (χ0v) is 36.9. The van der Waals surface area contributed by atoms with Crippen molar-refractivity contribution in [3.8, 4) is 0 Å². The summed E-state index contributed by atoms with van der Waals surface area (Å²) in [4.78, 5) is 4.70. The zero-order valence-electron chi connectivity index (χ0n) is 36.9. The minimum absolute atomic E-state index is 1.08. The van der Waals surface area contributed by atoms with Crippen LogP contribution in [0.1, 0.15) is 61.2 Å². The van der Waals surface area contributed by atoms with Crippen molar-refractivity contribution >= 4 is 69.8 Å². The summed E-state index contributed by atoms with van der Waals surface area (Å²) >= 11 is 0. The molecular weight excluding hydrogens is 751 g/mol. The van der Waals surface area contributed by atoms with Crippen molar-refractivity contribution in [3.63, 3.8) is 0 Å². The monoisotopic (exact) mass is 805 g/mol. The second-order valence-corrected chi connectivity index (χ2v) is 16.6. The maximum Gasteiger partial charge on any atom is 0.0490 e. The normalized spacial score (nSPS) is 11.3. The molecule has 0 spiro atoms. The quantitative estimate of drug-likeness (QED) is 0.124. The minimum Gasteiger partial charge on any atom is -0.355 e. The van der Waals surface area contributed by atoms with Crippen LogP contribution in [-0.2, 0) is 0 Å². The highest BCUT2D eigenvalue weighted by atomic mass is 15.1. The van der Waals surface area contributed by atoms with Crippen LogP contribution in [0.4, 0.5) is 45.5 Å². The molecule has 62 heavy (non-hydrogen) atoms. The molecule has 0 bridgehead atoms. The number of nitrogens with zero attached hydrogens (tertiary/aromatic N) is 2. The second kappa shape index (κ2) is 18.5. The van der Waals surface area contributed by atoms with Crippen LogP contribution in [-0.4, -0.2) is 0 Å². The lowest BCUT2D eigenvalue weighted by Gasteiger charge is -2.27. The number of aryl methyl sites for hydroxylation is 7. The molecule has 0 amide bonds. The molecule has 0 fully saturated rings. The van der Waals surface area contributed by atoms with E-state index in [9.17, 15) is 0 Å². The van der Waals surface area contributed by atoms with Crippen LogP contribution < -0.4 is 15.1 Å². The van der Waals surface area contributed by atoms with Gasteiger partial charge >= 0.3 is 0 Å². The lowest BCUT2D eigenvalue weighted by atomic mass is 10.1. The topological polar surface area (TPSA) is 18.5 Å². The minimum atomic E-state index is 1.08. The summed E-state index contributed by atoms with van der Waals surface area (Å²) in [6, 6.07) is 63.7. The van der Waals surface area contributed by atoms with Gasteiger partial charge in [-0.05, 0) is 166 Å². The van der Waals surface area contributed by atoms with Gasteiger partial charge in [0.15, 0.2) is 0 Å². The molecule has 0 aliphatic rings. The highest BCUT2D eigenvalue weighted by Crippen LogP contribution is 2.39. The summed E-state index contributed by atoms with van der Waals surface area (Å²) in [5.74, 6) is 0. The predicted molar refractivity (Wildman–Crippen MR) is 269 cm³/mol. The van der Waals surface area contributed by atoms with Crippen molar-refractivity contribution in [1.82, 2.24) is 0 Å². The molecule has 8 aromatic carbocycles. The van der Waals surface area contributed by atoms with Crippen molar-refractivity contribution < 1.29 is 0 Å². The van der Waals surface area contributed by atoms with Gasteiger partial charge in [-0.3, -0.25) is 0 Å². The van der Waals surface area contributed by atoms with Crippen molar-refractivity contribution in [2.75, 3.05) is 15.1 Å². The van der Waals surface area contributed by atoms with Crippen molar-refractivity contribution in [1.29, 1.82) is 0 Å². The third-order valence-electron chi connectivity index (χ3n) is 11.4. The molecule has 306 valence electrons. The summed E-state index contributed by atoms with van der Waals surface area (Å²) in [7, 11) is 0. The summed E-state index contributed by atoms with van der Waals surface area (Å²) in [5.41, 5.74) is 22.4. The first-order valence-corrected chi connectivity index (χ1v) is 21.5. The predicted octanol–water partition coefficient (Wildman–Crippen LogP) is 16.9. The van der Waals surface area contributed by atoms with Gasteiger partial charge in [0.2, 0.25) is 0 Å². The molecule has 0 heterocycles. The molecule has 3 nitrogen and oxygen atoms in total. The highest BCUT2D eigenvalue weighted by Gasteiger charge is 2.16. The van der Waals surface area contributed by atoms with E-state index in [0.717, 1.165) is 62.1 Å². The van der Waals surface area contributed by atoms with Gasteiger partial charge in [0, 0.05) is 45.5 Å². The molecular formula is C59H55N3. The lowest BCUT2D eigenvalue weighted by molar-refractivity contribution is 1.23. The van der Waals surface area contributed by atoms with Gasteiger partial charge in [-0.2, -0.15) is 0 Å². The van der Waals surface area contributed by atoms with Gasteiger partial charge in [-0.15, -0.1) is 0 Å². The van der Waals surface area contributed by atoms with Crippen LogP contribution in [0.15, 0.2) is 176 Å². The molecule has 3 heteroatoms. The summed E-state index contributed by atoms with van der Waals surface area (Å²) in [6.45, 7) is 15.1. The van der Waals surface area contributed by atoms with Crippen molar-refractivity contribution in [2.24, 2.45) is 0 Å². The number of hydrogen-bond acceptors (Lipinski definition) is 3. The molecule has 0 unspecified atom stereocenters. The maximum atomic E-state index is 3.55. The average molecular weight is 806 g/mol. The van der Waals surface area contributed by atoms with E-state index < -0.39 is 0 Å². The van der Waals surface area contributed by atoms with Gasteiger partial charge in [-0.1, -0.05) is 144 Å². The van der Waals surface area contributed by atoms with Crippen LogP contribution >= 0.6 is 0 Å². The van der Waals surface area contributed by atoms with E-state index in [2.05, 4.69) is 264 Å². The fraction of sp³-hybridized carbons (Fsp3) is 0.119. The standard InChI is InChI=1S/C59H55N3/c1-41-8-27-53(28-9-41)61(58-36-11-43(3)39-46(58)6)54-29-19-50(20-30-54)15-16-51-23-33-56(34-24-51)62(59-37-12-44(4)40-47(59)7)55-31-21-49(22-32-55)14-13-48-17-25-52(26-18-48)60-57-35-10-42(2)38-45(57)5/h8-40,60H,1-7H3/b14-13+,16-15+. The third-order valence-corrected chi connectivity index (χ3v) is 11.4. The number of rotatable bonds is 12. The van der Waals surface area contributed by atoms with E-state index >= 15 is 0 Å². The summed E-state index contributed by atoms with van der Waals surface area (Å²) in [6.07, 6.45) is 8.73. The van der Waals surface area contributed by atoms with Gasteiger partial charge in [-0.25, -0.2) is 0 Å². The van der Waals surface area contributed by atoms with Gasteiger partial charge in [0.1, 0.15) is 0 Å². The highest BCUT2D eigenvalue weighted by molar-refractivity contribution is 5.82. The largest absolute Gasteiger partial charge is 0.355 e. The van der Waals surface area contributed by atoms with Crippen LogP contribution in [0.5, 0.6) is 0 Å². The maximum absolute atomic E-state index is 3.55. The van der Waals surface area contributed by atoms with Crippen molar-refractivity contribution in [2.45, 2.75) is 48.5 Å². The first-order chi connectivity index (χ1) is 30.1. The summed E-state index contributed by atoms with van der Waals surface area (Å²) in [5, 5.41) is 3.55. The van der Waals surface area contributed by atoms with Crippen molar-refractivity contribution in [3.05, 3.63) is 237 Å². The molecule has 0 atom stereocenters. The lowest BCUT2D eigenvalue weighted by Crippen LogP contribution is -2.11. The fourth-order valence-electron chi connectivity index (χ4n) is 8.04. The Bertz CT molecular complexity index is 2850. The number of anilines is 8. The smallest absolute Gasteiger partial charge is 0.0490 e. The van der Waals surface area contributed by atoms with E-state index in [0.29, 0.717) is 0 Å². The molecule has 0 aliphatic heterocycles. The molecule has 0 aliphatic carbocycles. The molecule has 0 aromatic heterocycles. The Hall–Kier alpha value is -7.36. The Balaban J connectivity index is 0.986. The number of nitrogens with one attached hydrogen (secondary N) is 1. The van der Waals surface area contributed by atoms with Gasteiger partial charge < -0.3 is 15.1 Å². The molecule has 0 saturated heterocycles. The van der Waals surface area contributed by atoms with Gasteiger partial charge in [0.05, 0.1) is 0 Å². The molecule has 8 aromatic rings. The van der Waals surface area contributed by atoms with E-state index in [4.69, 9.17) is 0 Å². The second-order valence-electron chi connectivity index (χ2n) is 16.6. The Morgan fingerprint density at radius 2 is 0.613 bits per heavy atom. The SMILES string of the molecule is Cc1ccc(N(c2ccc(/C=C/c3ccc(N(c4ccc(/C=C/c5ccc(Nc6ccc(C)cc6C)cc5)cc4)c4ccc(C)cc4C)cc3)cc2)c2ccc(C)cc2C)cc1.